The second-order valence-corrected chi connectivity index (χ2v) is 8.67. The molecule has 2 N–H and O–H groups in total. The molecule has 1 aliphatic rings. The fourth-order valence-corrected chi connectivity index (χ4v) is 4.62. The highest BCUT2D eigenvalue weighted by atomic mass is 35.5. The number of rotatable bonds is 6. The lowest BCUT2D eigenvalue weighted by Crippen LogP contribution is -2.29. The van der Waals surface area contributed by atoms with Gasteiger partial charge in [-0.1, -0.05) is 23.7 Å². The highest BCUT2D eigenvalue weighted by molar-refractivity contribution is 7.90. The van der Waals surface area contributed by atoms with Gasteiger partial charge in [0, 0.05) is 11.4 Å². The number of ketones is 1. The lowest BCUT2D eigenvalue weighted by atomic mass is 9.92. The van der Waals surface area contributed by atoms with E-state index < -0.39 is 21.7 Å². The molecule has 0 fully saturated rings. The van der Waals surface area contributed by atoms with Crippen molar-refractivity contribution < 1.29 is 22.7 Å². The van der Waals surface area contributed by atoms with Crippen molar-refractivity contribution in [2.45, 2.75) is 23.7 Å². The van der Waals surface area contributed by atoms with Crippen LogP contribution in [0.1, 0.15) is 30.2 Å². The lowest BCUT2D eigenvalue weighted by molar-refractivity contribution is -0.113. The Morgan fingerprint density at radius 2 is 2.07 bits per heavy atom. The first-order valence-electron chi connectivity index (χ1n) is 8.96. The number of phenolic OH excluding ortho intramolecular Hbond substituents is 1. The molecule has 10 heteroatoms. The summed E-state index contributed by atoms with van der Waals surface area (Å²) in [5.41, 5.74) is 0.964. The van der Waals surface area contributed by atoms with E-state index in [1.807, 2.05) is 0 Å². The van der Waals surface area contributed by atoms with Gasteiger partial charge in [-0.05, 0) is 42.3 Å². The van der Waals surface area contributed by atoms with E-state index in [0.29, 0.717) is 5.89 Å². The number of aromatic hydroxyl groups is 1. The predicted molar refractivity (Wildman–Crippen MR) is 110 cm³/mol. The first kappa shape index (κ1) is 20.1. The van der Waals surface area contributed by atoms with Crippen molar-refractivity contribution in [1.29, 1.82) is 0 Å². The Kier molecular flexibility index (Phi) is 5.31. The standard InChI is InChI=1S/C20H16ClN3O5S/c21-13-4-6-16-18(11-13)30(27,28)24-19(23-16)17(26)7-5-15(20-22-8-9-29-20)12-2-1-3-14(25)10-12/h1-4,6,8-11,15,25H,5,7H2,(H,23,24). The molecule has 0 saturated carbocycles. The van der Waals surface area contributed by atoms with Crippen molar-refractivity contribution in [3.8, 4) is 5.75 Å². The number of hydrogen-bond acceptors (Lipinski definition) is 7. The number of aromatic nitrogens is 1. The molecule has 30 heavy (non-hydrogen) atoms. The van der Waals surface area contributed by atoms with Crippen LogP contribution >= 0.6 is 11.6 Å². The molecule has 8 nitrogen and oxygen atoms in total. The monoisotopic (exact) mass is 445 g/mol. The van der Waals surface area contributed by atoms with Crippen molar-refractivity contribution in [2.75, 3.05) is 5.32 Å². The number of phenols is 1. The number of Topliss-reactive ketones (excluding diaryl/α,β-unsaturated/α-hetero) is 1. The Morgan fingerprint density at radius 3 is 2.80 bits per heavy atom. The summed E-state index contributed by atoms with van der Waals surface area (Å²) in [5.74, 6) is -0.666. The molecule has 1 aromatic heterocycles. The number of amidine groups is 1. The van der Waals surface area contributed by atoms with Gasteiger partial charge in [-0.15, -0.1) is 4.40 Å². The van der Waals surface area contributed by atoms with E-state index in [2.05, 4.69) is 14.7 Å². The van der Waals surface area contributed by atoms with Crippen LogP contribution in [0.3, 0.4) is 0 Å². The van der Waals surface area contributed by atoms with E-state index >= 15 is 0 Å². The fourth-order valence-electron chi connectivity index (χ4n) is 3.23. The minimum atomic E-state index is -4.04. The van der Waals surface area contributed by atoms with Crippen LogP contribution in [-0.4, -0.2) is 30.1 Å². The number of hydrogen-bond donors (Lipinski definition) is 2. The smallest absolute Gasteiger partial charge is 0.286 e. The van der Waals surface area contributed by atoms with E-state index in [9.17, 15) is 18.3 Å². The van der Waals surface area contributed by atoms with Gasteiger partial charge >= 0.3 is 0 Å². The molecule has 4 rings (SSSR count). The number of oxazole rings is 1. The van der Waals surface area contributed by atoms with Gasteiger partial charge in [0.25, 0.3) is 10.0 Å². The third kappa shape index (κ3) is 4.07. The number of nitrogens with zero attached hydrogens (tertiary/aromatic N) is 2. The van der Waals surface area contributed by atoms with Crippen LogP contribution in [0, 0.1) is 0 Å². The highest BCUT2D eigenvalue weighted by Gasteiger charge is 2.29. The van der Waals surface area contributed by atoms with Gasteiger partial charge in [0.2, 0.25) is 5.89 Å². The number of fused-ring (bicyclic) bond motifs is 1. The second kappa shape index (κ2) is 7.92. The number of benzene rings is 2. The van der Waals surface area contributed by atoms with Crippen LogP contribution in [0.25, 0.3) is 0 Å². The van der Waals surface area contributed by atoms with E-state index in [1.54, 1.807) is 18.2 Å². The van der Waals surface area contributed by atoms with Crippen LogP contribution < -0.4 is 5.32 Å². The fraction of sp³-hybridized carbons (Fsp3) is 0.150. The van der Waals surface area contributed by atoms with E-state index in [0.717, 1.165) is 5.56 Å². The molecule has 3 aromatic rings. The molecule has 0 bridgehead atoms. The summed E-state index contributed by atoms with van der Waals surface area (Å²) in [4.78, 5) is 16.8. The first-order valence-corrected chi connectivity index (χ1v) is 10.8. The van der Waals surface area contributed by atoms with Crippen molar-refractivity contribution >= 4 is 38.9 Å². The quantitative estimate of drug-likeness (QED) is 0.592. The topological polar surface area (TPSA) is 122 Å². The highest BCUT2D eigenvalue weighted by Crippen LogP contribution is 2.32. The maximum absolute atomic E-state index is 12.8. The zero-order valence-electron chi connectivity index (χ0n) is 15.4. The Bertz CT molecular complexity index is 1240. The van der Waals surface area contributed by atoms with Crippen molar-refractivity contribution in [1.82, 2.24) is 4.98 Å². The zero-order valence-corrected chi connectivity index (χ0v) is 17.0. The van der Waals surface area contributed by atoms with Gasteiger partial charge in [0.05, 0.1) is 17.8 Å². The number of sulfonamides is 1. The predicted octanol–water partition coefficient (Wildman–Crippen LogP) is 3.73. The number of halogens is 1. The average Bonchev–Trinajstić information content (AvgIpc) is 3.22. The second-order valence-electron chi connectivity index (χ2n) is 6.66. The third-order valence-corrected chi connectivity index (χ3v) is 6.18. The summed E-state index contributed by atoms with van der Waals surface area (Å²) < 4.78 is 33.9. The number of anilines is 1. The van der Waals surface area contributed by atoms with Crippen molar-refractivity contribution in [2.24, 2.45) is 4.40 Å². The molecule has 0 saturated heterocycles. The van der Waals surface area contributed by atoms with Gasteiger partial charge in [-0.25, -0.2) is 4.98 Å². The molecule has 0 aliphatic carbocycles. The first-order chi connectivity index (χ1) is 14.3. The lowest BCUT2D eigenvalue weighted by Gasteiger charge is -2.18. The summed E-state index contributed by atoms with van der Waals surface area (Å²) in [6, 6.07) is 10.9. The summed E-state index contributed by atoms with van der Waals surface area (Å²) in [7, 11) is -4.04. The van der Waals surface area contributed by atoms with Gasteiger partial charge < -0.3 is 14.8 Å². The van der Waals surface area contributed by atoms with Gasteiger partial charge in [-0.3, -0.25) is 4.79 Å². The van der Waals surface area contributed by atoms with Gasteiger partial charge in [-0.2, -0.15) is 8.42 Å². The number of carbonyl (C=O) groups is 1. The van der Waals surface area contributed by atoms with Crippen LogP contribution in [0.15, 0.2) is 68.6 Å². The van der Waals surface area contributed by atoms with Crippen molar-refractivity contribution in [3.05, 3.63) is 71.4 Å². The summed E-state index contributed by atoms with van der Waals surface area (Å²) in [6.07, 6.45) is 3.17. The molecular formula is C20H16ClN3O5S. The minimum absolute atomic E-state index is 0.0209. The van der Waals surface area contributed by atoms with Gasteiger partial charge in [0.15, 0.2) is 11.6 Å². The third-order valence-electron chi connectivity index (χ3n) is 4.63. The summed E-state index contributed by atoms with van der Waals surface area (Å²) in [6.45, 7) is 0. The number of carbonyl (C=O) groups excluding carboxylic acids is 1. The molecule has 1 unspecified atom stereocenters. The SMILES string of the molecule is O=C(CCC(c1cccc(O)c1)c1ncco1)C1=NS(=O)(=O)c2cc(Cl)ccc2N1. The largest absolute Gasteiger partial charge is 0.508 e. The molecule has 0 spiro atoms. The van der Waals surface area contributed by atoms with Crippen molar-refractivity contribution in [3.63, 3.8) is 0 Å². The average molecular weight is 446 g/mol. The Morgan fingerprint density at radius 1 is 1.23 bits per heavy atom. The van der Waals surface area contributed by atoms with Crippen LogP contribution in [0.4, 0.5) is 5.69 Å². The Labute approximate surface area is 177 Å². The molecule has 2 aromatic carbocycles. The normalized spacial score (nSPS) is 15.6. The van der Waals surface area contributed by atoms with E-state index in [1.165, 1.54) is 36.7 Å². The summed E-state index contributed by atoms with van der Waals surface area (Å²) in [5, 5.41) is 12.8. The molecule has 0 radical (unpaired) electrons. The Hall–Kier alpha value is -3.17. The number of nitrogens with one attached hydrogen (secondary N) is 1. The zero-order chi connectivity index (χ0) is 21.3. The van der Waals surface area contributed by atoms with E-state index in [-0.39, 0.29) is 40.0 Å². The van der Waals surface area contributed by atoms with Crippen LogP contribution in [0.5, 0.6) is 5.75 Å². The molecule has 2 heterocycles. The molecule has 1 atom stereocenters. The summed E-state index contributed by atoms with van der Waals surface area (Å²) >= 11 is 5.87. The molecule has 154 valence electrons. The van der Waals surface area contributed by atoms with Crippen LogP contribution in [-0.2, 0) is 14.8 Å². The van der Waals surface area contributed by atoms with Crippen LogP contribution in [0.2, 0.25) is 5.02 Å². The molecular weight excluding hydrogens is 430 g/mol. The van der Waals surface area contributed by atoms with Gasteiger partial charge in [0.1, 0.15) is 16.9 Å². The maximum atomic E-state index is 12.8. The maximum Gasteiger partial charge on any atom is 0.286 e. The molecule has 0 amide bonds. The molecule has 1 aliphatic heterocycles. The van der Waals surface area contributed by atoms with E-state index in [4.69, 9.17) is 16.0 Å². The minimum Gasteiger partial charge on any atom is -0.508 e. The Balaban J connectivity index is 1.56.